The highest BCUT2D eigenvalue weighted by Gasteiger charge is 2.32. The topological polar surface area (TPSA) is 61.9 Å². The summed E-state index contributed by atoms with van der Waals surface area (Å²) in [5.74, 6) is 0.897. The maximum absolute atomic E-state index is 13.2. The van der Waals surface area contributed by atoms with Crippen molar-refractivity contribution in [1.82, 2.24) is 10.2 Å². The van der Waals surface area contributed by atoms with Gasteiger partial charge in [-0.1, -0.05) is 6.08 Å². The minimum Gasteiger partial charge on any atom is -0.381 e. The number of piperidine rings is 1. The summed E-state index contributed by atoms with van der Waals surface area (Å²) in [5.41, 5.74) is 3.11. The van der Waals surface area contributed by atoms with E-state index in [9.17, 15) is 9.59 Å². The Morgan fingerprint density at radius 3 is 2.53 bits per heavy atom. The smallest absolute Gasteiger partial charge is 0.258 e. The van der Waals surface area contributed by atoms with E-state index in [0.717, 1.165) is 76.2 Å². The zero-order valence-corrected chi connectivity index (χ0v) is 18.9. The third kappa shape index (κ3) is 4.56. The summed E-state index contributed by atoms with van der Waals surface area (Å²) in [6.07, 6.45) is 10.8. The molecule has 0 bridgehead atoms. The van der Waals surface area contributed by atoms with Crippen LogP contribution in [0, 0.1) is 11.8 Å². The van der Waals surface area contributed by atoms with Crippen molar-refractivity contribution >= 4 is 17.5 Å². The molecule has 3 heterocycles. The number of carbonyl (C=O) groups excluding carboxylic acids is 2. The van der Waals surface area contributed by atoms with Gasteiger partial charge in [-0.2, -0.15) is 0 Å². The van der Waals surface area contributed by atoms with Gasteiger partial charge in [-0.25, -0.2) is 0 Å². The summed E-state index contributed by atoms with van der Waals surface area (Å²) >= 11 is 0. The van der Waals surface area contributed by atoms with Gasteiger partial charge in [0.05, 0.1) is 5.92 Å². The summed E-state index contributed by atoms with van der Waals surface area (Å²) in [5, 5.41) is 3.21. The SMILES string of the molecule is O=C(NC1CCOCC1)C1CCN(c2ccc(C(=O)N3CCCC4CCCC=C43)cc2)C1. The molecule has 2 unspecified atom stereocenters. The predicted octanol–water partition coefficient (Wildman–Crippen LogP) is 3.73. The number of likely N-dealkylation sites (tertiary alicyclic amines) is 1. The molecule has 2 atom stereocenters. The Hall–Kier alpha value is -2.34. The molecule has 172 valence electrons. The summed E-state index contributed by atoms with van der Waals surface area (Å²) in [4.78, 5) is 30.2. The standard InChI is InChI=1S/C26H35N3O3/c30-25(27-22-12-16-32-17-13-22)21-11-15-28(18-21)23-9-7-20(8-10-23)26(31)29-14-3-5-19-4-1-2-6-24(19)29/h6-10,19,21-22H,1-5,11-18H2,(H,27,30). The molecule has 0 spiro atoms. The largest absolute Gasteiger partial charge is 0.381 e. The van der Waals surface area contributed by atoms with E-state index in [4.69, 9.17) is 4.74 Å². The number of fused-ring (bicyclic) bond motifs is 1. The molecular formula is C26H35N3O3. The van der Waals surface area contributed by atoms with Crippen LogP contribution in [0.3, 0.4) is 0 Å². The number of carbonyl (C=O) groups is 2. The van der Waals surface area contributed by atoms with Crippen molar-refractivity contribution in [3.05, 3.63) is 41.6 Å². The van der Waals surface area contributed by atoms with Crippen LogP contribution in [-0.2, 0) is 9.53 Å². The van der Waals surface area contributed by atoms with E-state index in [2.05, 4.69) is 16.3 Å². The van der Waals surface area contributed by atoms with E-state index in [1.807, 2.05) is 29.2 Å². The average molecular weight is 438 g/mol. The average Bonchev–Trinajstić information content (AvgIpc) is 3.35. The highest BCUT2D eigenvalue weighted by Crippen LogP contribution is 2.36. The molecule has 2 amide bonds. The second-order valence-corrected chi connectivity index (χ2v) is 9.73. The Bertz CT molecular complexity index is 860. The number of ether oxygens (including phenoxy) is 1. The van der Waals surface area contributed by atoms with Crippen molar-refractivity contribution < 1.29 is 14.3 Å². The van der Waals surface area contributed by atoms with Crippen LogP contribution in [0.2, 0.25) is 0 Å². The third-order valence-corrected chi connectivity index (χ3v) is 7.63. The number of nitrogens with zero attached hydrogens (tertiary/aromatic N) is 2. The maximum Gasteiger partial charge on any atom is 0.258 e. The van der Waals surface area contributed by atoms with Crippen molar-refractivity contribution in [3.63, 3.8) is 0 Å². The Labute approximate surface area is 191 Å². The van der Waals surface area contributed by atoms with Crippen molar-refractivity contribution in [1.29, 1.82) is 0 Å². The Morgan fingerprint density at radius 1 is 0.938 bits per heavy atom. The fourth-order valence-corrected chi connectivity index (χ4v) is 5.74. The lowest BCUT2D eigenvalue weighted by Gasteiger charge is -2.38. The molecule has 1 N–H and O–H groups in total. The fourth-order valence-electron chi connectivity index (χ4n) is 5.74. The molecule has 6 heteroatoms. The Morgan fingerprint density at radius 2 is 1.72 bits per heavy atom. The van der Waals surface area contributed by atoms with Crippen LogP contribution in [-0.4, -0.2) is 55.6 Å². The van der Waals surface area contributed by atoms with Crippen molar-refractivity contribution in [3.8, 4) is 0 Å². The monoisotopic (exact) mass is 437 g/mol. The summed E-state index contributed by atoms with van der Waals surface area (Å²) in [6, 6.07) is 8.26. The molecule has 4 aliphatic rings. The number of nitrogens with one attached hydrogen (secondary N) is 1. The van der Waals surface area contributed by atoms with Gasteiger partial charge in [-0.15, -0.1) is 0 Å². The number of allylic oxidation sites excluding steroid dienone is 2. The molecule has 5 rings (SSSR count). The van der Waals surface area contributed by atoms with E-state index >= 15 is 0 Å². The summed E-state index contributed by atoms with van der Waals surface area (Å²) < 4.78 is 5.38. The number of anilines is 1. The lowest BCUT2D eigenvalue weighted by molar-refractivity contribution is -0.125. The molecule has 3 fully saturated rings. The number of hydrogen-bond acceptors (Lipinski definition) is 4. The van der Waals surface area contributed by atoms with E-state index < -0.39 is 0 Å². The molecule has 0 aromatic heterocycles. The summed E-state index contributed by atoms with van der Waals surface area (Å²) in [7, 11) is 0. The fraction of sp³-hybridized carbons (Fsp3) is 0.615. The zero-order chi connectivity index (χ0) is 21.9. The van der Waals surface area contributed by atoms with Gasteiger partial charge < -0.3 is 19.9 Å². The first-order valence-electron chi connectivity index (χ1n) is 12.4. The van der Waals surface area contributed by atoms with Crippen LogP contribution in [0.15, 0.2) is 36.0 Å². The van der Waals surface area contributed by atoms with Gasteiger partial charge in [-0.05, 0) is 81.5 Å². The van der Waals surface area contributed by atoms with Gasteiger partial charge in [0.1, 0.15) is 0 Å². The third-order valence-electron chi connectivity index (χ3n) is 7.63. The van der Waals surface area contributed by atoms with Gasteiger partial charge in [0, 0.05) is 55.8 Å². The van der Waals surface area contributed by atoms with Crippen LogP contribution in [0.25, 0.3) is 0 Å². The minimum atomic E-state index is 0.0303. The number of benzene rings is 1. The quantitative estimate of drug-likeness (QED) is 0.780. The first kappa shape index (κ1) is 21.5. The molecule has 1 aromatic rings. The summed E-state index contributed by atoms with van der Waals surface area (Å²) in [6.45, 7) is 3.92. The van der Waals surface area contributed by atoms with Gasteiger partial charge in [0.15, 0.2) is 0 Å². The second-order valence-electron chi connectivity index (χ2n) is 9.73. The molecule has 6 nitrogen and oxygen atoms in total. The van der Waals surface area contributed by atoms with Gasteiger partial charge in [0.25, 0.3) is 5.91 Å². The van der Waals surface area contributed by atoms with Crippen molar-refractivity contribution in [2.45, 2.75) is 57.4 Å². The van der Waals surface area contributed by atoms with Gasteiger partial charge in [-0.3, -0.25) is 9.59 Å². The molecule has 1 aliphatic carbocycles. The van der Waals surface area contributed by atoms with Crippen LogP contribution in [0.5, 0.6) is 0 Å². The lowest BCUT2D eigenvalue weighted by Crippen LogP contribution is -2.42. The molecule has 32 heavy (non-hydrogen) atoms. The first-order valence-corrected chi connectivity index (χ1v) is 12.4. The Kier molecular flexibility index (Phi) is 6.49. The van der Waals surface area contributed by atoms with E-state index in [1.54, 1.807) is 0 Å². The van der Waals surface area contributed by atoms with Crippen molar-refractivity contribution in [2.75, 3.05) is 37.7 Å². The zero-order valence-electron chi connectivity index (χ0n) is 18.9. The van der Waals surface area contributed by atoms with E-state index in [0.29, 0.717) is 5.92 Å². The lowest BCUT2D eigenvalue weighted by atomic mass is 9.84. The maximum atomic E-state index is 13.2. The molecular weight excluding hydrogens is 402 g/mol. The van der Waals surface area contributed by atoms with Crippen LogP contribution >= 0.6 is 0 Å². The predicted molar refractivity (Wildman–Crippen MR) is 124 cm³/mol. The first-order chi connectivity index (χ1) is 15.7. The minimum absolute atomic E-state index is 0.0303. The van der Waals surface area contributed by atoms with Gasteiger partial charge in [0.2, 0.25) is 5.91 Å². The normalized spacial score (nSPS) is 26.4. The highest BCUT2D eigenvalue weighted by molar-refractivity contribution is 5.96. The van der Waals surface area contributed by atoms with Crippen LogP contribution in [0.1, 0.15) is 61.7 Å². The van der Waals surface area contributed by atoms with Gasteiger partial charge >= 0.3 is 0 Å². The highest BCUT2D eigenvalue weighted by atomic mass is 16.5. The van der Waals surface area contributed by atoms with Crippen LogP contribution < -0.4 is 10.2 Å². The van der Waals surface area contributed by atoms with E-state index in [1.165, 1.54) is 25.0 Å². The second kappa shape index (κ2) is 9.65. The molecule has 0 saturated carbocycles. The van der Waals surface area contributed by atoms with Crippen molar-refractivity contribution in [2.24, 2.45) is 11.8 Å². The van der Waals surface area contributed by atoms with E-state index in [-0.39, 0.29) is 23.8 Å². The molecule has 1 aromatic carbocycles. The van der Waals surface area contributed by atoms with Crippen LogP contribution in [0.4, 0.5) is 5.69 Å². The molecule has 0 radical (unpaired) electrons. The molecule has 3 saturated heterocycles. The Balaban J connectivity index is 1.19. The number of hydrogen-bond donors (Lipinski definition) is 1. The molecule has 3 aliphatic heterocycles. The number of rotatable bonds is 4. The number of amides is 2.